The molecule has 0 amide bonds. The fourth-order valence-corrected chi connectivity index (χ4v) is 2.51. The van der Waals surface area contributed by atoms with Crippen LogP contribution in [-0.2, 0) is 12.8 Å². The van der Waals surface area contributed by atoms with E-state index in [0.717, 1.165) is 25.5 Å². The van der Waals surface area contributed by atoms with Gasteiger partial charge in [0.15, 0.2) is 5.96 Å². The van der Waals surface area contributed by atoms with Crippen molar-refractivity contribution >= 4 is 29.9 Å². The molecule has 1 aliphatic heterocycles. The SMILES string of the molecule is I.c1ccc2c(c1)CCC(NC1=NCCN1)C2. The first-order valence-electron chi connectivity index (χ1n) is 6.03. The molecule has 3 rings (SSSR count). The third-order valence-electron chi connectivity index (χ3n) is 3.36. The Kier molecular flexibility index (Phi) is 4.25. The molecule has 0 spiro atoms. The lowest BCUT2D eigenvalue weighted by atomic mass is 9.88. The predicted octanol–water partition coefficient (Wildman–Crippen LogP) is 1.71. The van der Waals surface area contributed by atoms with Crippen LogP contribution >= 0.6 is 24.0 Å². The normalized spacial score (nSPS) is 21.9. The van der Waals surface area contributed by atoms with Crippen molar-refractivity contribution in [1.82, 2.24) is 10.6 Å². The lowest BCUT2D eigenvalue weighted by Gasteiger charge is -2.26. The van der Waals surface area contributed by atoms with E-state index in [1.165, 1.54) is 24.0 Å². The third kappa shape index (κ3) is 2.91. The van der Waals surface area contributed by atoms with E-state index in [1.807, 2.05) is 0 Å². The standard InChI is InChI=1S/C13H17N3.HI/c1-2-4-11-9-12(6-5-10(11)3-1)16-13-14-7-8-15-13;/h1-4,12H,5-9H2,(H2,14,15,16);1H. The molecule has 0 bridgehead atoms. The van der Waals surface area contributed by atoms with E-state index in [9.17, 15) is 0 Å². The molecule has 1 atom stereocenters. The number of aliphatic imine (C=N–C) groups is 1. The Morgan fingerprint density at radius 3 is 2.82 bits per heavy atom. The van der Waals surface area contributed by atoms with E-state index >= 15 is 0 Å². The van der Waals surface area contributed by atoms with Gasteiger partial charge in [0.2, 0.25) is 0 Å². The molecule has 2 aliphatic rings. The van der Waals surface area contributed by atoms with Crippen LogP contribution in [0.5, 0.6) is 0 Å². The fraction of sp³-hybridized carbons (Fsp3) is 0.462. The smallest absolute Gasteiger partial charge is 0.191 e. The molecule has 1 aromatic rings. The van der Waals surface area contributed by atoms with E-state index in [1.54, 1.807) is 0 Å². The maximum Gasteiger partial charge on any atom is 0.191 e. The zero-order valence-electron chi connectivity index (χ0n) is 9.78. The Morgan fingerprint density at radius 1 is 1.24 bits per heavy atom. The third-order valence-corrected chi connectivity index (χ3v) is 3.36. The van der Waals surface area contributed by atoms with Crippen molar-refractivity contribution in [3.05, 3.63) is 35.4 Å². The van der Waals surface area contributed by atoms with Crippen molar-refractivity contribution in [2.75, 3.05) is 13.1 Å². The Morgan fingerprint density at radius 2 is 2.06 bits per heavy atom. The van der Waals surface area contributed by atoms with Crippen LogP contribution in [0.3, 0.4) is 0 Å². The summed E-state index contributed by atoms with van der Waals surface area (Å²) in [5, 5.41) is 6.76. The van der Waals surface area contributed by atoms with Crippen LogP contribution in [0.1, 0.15) is 17.5 Å². The van der Waals surface area contributed by atoms with E-state index in [4.69, 9.17) is 0 Å². The Hall–Kier alpha value is -0.780. The summed E-state index contributed by atoms with van der Waals surface area (Å²) in [6.07, 6.45) is 3.51. The molecule has 0 aromatic heterocycles. The molecule has 3 nitrogen and oxygen atoms in total. The Labute approximate surface area is 119 Å². The van der Waals surface area contributed by atoms with Gasteiger partial charge in [-0.15, -0.1) is 24.0 Å². The van der Waals surface area contributed by atoms with Crippen LogP contribution < -0.4 is 10.6 Å². The Balaban J connectivity index is 0.00000108. The second-order valence-corrected chi connectivity index (χ2v) is 4.51. The molecule has 0 saturated carbocycles. The molecule has 1 aromatic carbocycles. The highest BCUT2D eigenvalue weighted by Crippen LogP contribution is 2.20. The number of aryl methyl sites for hydroxylation is 1. The highest BCUT2D eigenvalue weighted by atomic mass is 127. The summed E-state index contributed by atoms with van der Waals surface area (Å²) in [4.78, 5) is 4.38. The number of nitrogens with zero attached hydrogens (tertiary/aromatic N) is 1. The average molecular weight is 343 g/mol. The molecule has 1 heterocycles. The highest BCUT2D eigenvalue weighted by molar-refractivity contribution is 14.0. The number of hydrogen-bond donors (Lipinski definition) is 2. The van der Waals surface area contributed by atoms with Crippen LogP contribution in [-0.4, -0.2) is 25.1 Å². The van der Waals surface area contributed by atoms with E-state index in [2.05, 4.69) is 39.9 Å². The number of halogens is 1. The summed E-state index contributed by atoms with van der Waals surface area (Å²) in [5.41, 5.74) is 3.01. The maximum atomic E-state index is 4.38. The minimum Gasteiger partial charge on any atom is -0.355 e. The fourth-order valence-electron chi connectivity index (χ4n) is 2.51. The van der Waals surface area contributed by atoms with Crippen LogP contribution in [0.2, 0.25) is 0 Å². The molecule has 1 aliphatic carbocycles. The number of rotatable bonds is 1. The number of guanidine groups is 1. The van der Waals surface area contributed by atoms with E-state index in [-0.39, 0.29) is 24.0 Å². The summed E-state index contributed by atoms with van der Waals surface area (Å²) in [7, 11) is 0. The molecular formula is C13H18IN3. The molecule has 4 heteroatoms. The van der Waals surface area contributed by atoms with Crippen molar-refractivity contribution in [1.29, 1.82) is 0 Å². The molecule has 0 radical (unpaired) electrons. The van der Waals surface area contributed by atoms with Crippen LogP contribution in [0, 0.1) is 0 Å². The van der Waals surface area contributed by atoms with E-state index < -0.39 is 0 Å². The van der Waals surface area contributed by atoms with Gasteiger partial charge in [-0.1, -0.05) is 24.3 Å². The summed E-state index contributed by atoms with van der Waals surface area (Å²) >= 11 is 0. The van der Waals surface area contributed by atoms with Crippen LogP contribution in [0.4, 0.5) is 0 Å². The second kappa shape index (κ2) is 5.71. The van der Waals surface area contributed by atoms with Gasteiger partial charge in [0, 0.05) is 12.6 Å². The van der Waals surface area contributed by atoms with E-state index in [0.29, 0.717) is 6.04 Å². The zero-order chi connectivity index (χ0) is 10.8. The molecular weight excluding hydrogens is 325 g/mol. The molecule has 2 N–H and O–H groups in total. The zero-order valence-corrected chi connectivity index (χ0v) is 12.1. The number of nitrogens with one attached hydrogen (secondary N) is 2. The largest absolute Gasteiger partial charge is 0.355 e. The lowest BCUT2D eigenvalue weighted by molar-refractivity contribution is 0.524. The summed E-state index contributed by atoms with van der Waals surface area (Å²) < 4.78 is 0. The van der Waals surface area contributed by atoms with Crippen molar-refractivity contribution in [2.24, 2.45) is 4.99 Å². The van der Waals surface area contributed by atoms with Gasteiger partial charge >= 0.3 is 0 Å². The summed E-state index contributed by atoms with van der Waals surface area (Å²) in [6, 6.07) is 9.30. The summed E-state index contributed by atoms with van der Waals surface area (Å²) in [6.45, 7) is 1.89. The van der Waals surface area contributed by atoms with Crippen molar-refractivity contribution in [3.8, 4) is 0 Å². The van der Waals surface area contributed by atoms with Crippen LogP contribution in [0.25, 0.3) is 0 Å². The molecule has 17 heavy (non-hydrogen) atoms. The average Bonchev–Trinajstić information content (AvgIpc) is 2.82. The quantitative estimate of drug-likeness (QED) is 0.762. The van der Waals surface area contributed by atoms with Crippen molar-refractivity contribution < 1.29 is 0 Å². The van der Waals surface area contributed by atoms with Gasteiger partial charge in [-0.2, -0.15) is 0 Å². The molecule has 1 unspecified atom stereocenters. The number of fused-ring (bicyclic) bond motifs is 1. The first kappa shape index (κ1) is 12.7. The minimum atomic E-state index is 0. The minimum absolute atomic E-state index is 0. The second-order valence-electron chi connectivity index (χ2n) is 4.51. The first-order valence-corrected chi connectivity index (χ1v) is 6.03. The van der Waals surface area contributed by atoms with Gasteiger partial charge in [0.25, 0.3) is 0 Å². The predicted molar refractivity (Wildman–Crippen MR) is 81.1 cm³/mol. The van der Waals surface area contributed by atoms with Gasteiger partial charge in [0.05, 0.1) is 6.54 Å². The van der Waals surface area contributed by atoms with Crippen LogP contribution in [0.15, 0.2) is 29.3 Å². The van der Waals surface area contributed by atoms with Gasteiger partial charge < -0.3 is 10.6 Å². The van der Waals surface area contributed by atoms with Gasteiger partial charge in [-0.05, 0) is 30.4 Å². The van der Waals surface area contributed by atoms with Crippen molar-refractivity contribution in [2.45, 2.75) is 25.3 Å². The van der Waals surface area contributed by atoms with Gasteiger partial charge in [0.1, 0.15) is 0 Å². The van der Waals surface area contributed by atoms with Crippen molar-refractivity contribution in [3.63, 3.8) is 0 Å². The molecule has 0 fully saturated rings. The topological polar surface area (TPSA) is 36.4 Å². The van der Waals surface area contributed by atoms with Gasteiger partial charge in [-0.3, -0.25) is 4.99 Å². The monoisotopic (exact) mass is 343 g/mol. The Bertz CT molecular complexity index is 417. The lowest BCUT2D eigenvalue weighted by Crippen LogP contribution is -2.43. The summed E-state index contributed by atoms with van der Waals surface area (Å²) in [5.74, 6) is 0.990. The molecule has 0 saturated heterocycles. The maximum absolute atomic E-state index is 4.38. The number of benzene rings is 1. The number of hydrogen-bond acceptors (Lipinski definition) is 3. The van der Waals surface area contributed by atoms with Gasteiger partial charge in [-0.25, -0.2) is 0 Å². The first-order chi connectivity index (χ1) is 7.92. The molecule has 92 valence electrons. The highest BCUT2D eigenvalue weighted by Gasteiger charge is 2.19.